The van der Waals surface area contributed by atoms with Gasteiger partial charge in [0.15, 0.2) is 0 Å². The van der Waals surface area contributed by atoms with E-state index >= 15 is 0 Å². The van der Waals surface area contributed by atoms with Gasteiger partial charge in [0.05, 0.1) is 12.1 Å². The Morgan fingerprint density at radius 1 is 0.886 bits per heavy atom. The van der Waals surface area contributed by atoms with Crippen molar-refractivity contribution in [2.24, 2.45) is 0 Å². The van der Waals surface area contributed by atoms with Crippen molar-refractivity contribution in [1.82, 2.24) is 15.1 Å². The molecule has 1 atom stereocenters. The van der Waals surface area contributed by atoms with E-state index in [1.807, 2.05) is 35.7 Å². The minimum atomic E-state index is -4.61. The molecule has 1 unspecified atom stereocenters. The van der Waals surface area contributed by atoms with Gasteiger partial charge in [0.25, 0.3) is 0 Å². The van der Waals surface area contributed by atoms with Gasteiger partial charge in [-0.3, -0.25) is 4.79 Å². The summed E-state index contributed by atoms with van der Waals surface area (Å²) in [6.45, 7) is 5.12. The minimum Gasteiger partial charge on any atom is -0.465 e. The summed E-state index contributed by atoms with van der Waals surface area (Å²) in [5.41, 5.74) is -0.927. The number of rotatable bonds is 13. The van der Waals surface area contributed by atoms with Gasteiger partial charge in [-0.15, -0.1) is 11.3 Å². The average molecular weight is 634 g/mol. The van der Waals surface area contributed by atoms with E-state index in [0.29, 0.717) is 12.8 Å². The number of unbranched alkanes of at least 4 members (excludes halogenated alkanes) is 1. The van der Waals surface area contributed by atoms with Crippen molar-refractivity contribution < 1.29 is 37.4 Å². The normalized spacial score (nSPS) is 12.3. The molecule has 3 rings (SSSR count). The highest BCUT2D eigenvalue weighted by Crippen LogP contribution is 2.33. The number of carbonyl (C=O) groups excluding carboxylic acids is 2. The second-order valence-electron chi connectivity index (χ2n) is 11.3. The molecule has 238 valence electrons. The number of hydrogen-bond donors (Lipinski definition) is 2. The largest absolute Gasteiger partial charge is 0.465 e. The number of halogens is 3. The zero-order chi connectivity index (χ0) is 32.3. The molecule has 0 aliphatic carbocycles. The summed E-state index contributed by atoms with van der Waals surface area (Å²) in [7, 11) is 0. The standard InChI is InChI=1S/C32H38F3N3O5S/c1-31(2,3)43-29(40)36-27(17-9-10-18-37(30(41)42)20-23-12-5-4-6-13-23)28(39)38(22-25-15-11-19-44-25)21-24-14-7-8-16-26(24)32(33,34)35/h4-8,11-16,19,27H,9-10,17-18,20-22H2,1-3H3,(H,36,40)(H,41,42). The maximum absolute atomic E-state index is 14.0. The van der Waals surface area contributed by atoms with Gasteiger partial charge in [0, 0.05) is 24.5 Å². The van der Waals surface area contributed by atoms with Crippen LogP contribution in [0.1, 0.15) is 61.6 Å². The highest BCUT2D eigenvalue weighted by molar-refractivity contribution is 7.09. The van der Waals surface area contributed by atoms with Crippen LogP contribution in [0.2, 0.25) is 0 Å². The molecule has 0 aliphatic rings. The first-order chi connectivity index (χ1) is 20.7. The highest BCUT2D eigenvalue weighted by atomic mass is 32.1. The maximum atomic E-state index is 14.0. The number of nitrogens with one attached hydrogen (secondary N) is 1. The molecule has 8 nitrogen and oxygen atoms in total. The summed E-state index contributed by atoms with van der Waals surface area (Å²) < 4.78 is 46.8. The van der Waals surface area contributed by atoms with E-state index in [2.05, 4.69) is 5.32 Å². The van der Waals surface area contributed by atoms with Crippen molar-refractivity contribution in [2.75, 3.05) is 6.54 Å². The summed E-state index contributed by atoms with van der Waals surface area (Å²) in [6, 6.07) is 16.7. The number of benzene rings is 2. The molecular formula is C32H38F3N3O5S. The minimum absolute atomic E-state index is 0.0407. The molecule has 0 bridgehead atoms. The molecule has 0 radical (unpaired) electrons. The number of hydrogen-bond acceptors (Lipinski definition) is 5. The lowest BCUT2D eigenvalue weighted by Crippen LogP contribution is -2.49. The van der Waals surface area contributed by atoms with E-state index in [1.165, 1.54) is 39.3 Å². The number of alkyl halides is 3. The van der Waals surface area contributed by atoms with Crippen molar-refractivity contribution in [2.45, 2.75) is 77.5 Å². The first kappa shape index (κ1) is 34.4. The third-order valence-corrected chi connectivity index (χ3v) is 7.43. The molecule has 1 heterocycles. The fraction of sp³-hybridized carbons (Fsp3) is 0.406. The first-order valence-electron chi connectivity index (χ1n) is 14.2. The van der Waals surface area contributed by atoms with Crippen molar-refractivity contribution in [1.29, 1.82) is 0 Å². The fourth-order valence-electron chi connectivity index (χ4n) is 4.57. The Bertz CT molecular complexity index is 1360. The molecule has 44 heavy (non-hydrogen) atoms. The van der Waals surface area contributed by atoms with Crippen LogP contribution in [-0.2, 0) is 35.3 Å². The van der Waals surface area contributed by atoms with Crippen molar-refractivity contribution in [3.8, 4) is 0 Å². The van der Waals surface area contributed by atoms with E-state index in [-0.39, 0.29) is 38.2 Å². The van der Waals surface area contributed by atoms with Gasteiger partial charge in [0.2, 0.25) is 5.91 Å². The van der Waals surface area contributed by atoms with E-state index in [0.717, 1.165) is 16.5 Å². The SMILES string of the molecule is CC(C)(C)OC(=O)NC(CCCCN(Cc1ccccc1)C(=O)O)C(=O)N(Cc1cccs1)Cc1ccccc1C(F)(F)F. The van der Waals surface area contributed by atoms with Crippen LogP contribution >= 0.6 is 11.3 Å². The maximum Gasteiger partial charge on any atom is 0.416 e. The van der Waals surface area contributed by atoms with Crippen LogP contribution in [0.5, 0.6) is 0 Å². The van der Waals surface area contributed by atoms with Crippen molar-refractivity contribution in [3.63, 3.8) is 0 Å². The molecule has 12 heteroatoms. The zero-order valence-electron chi connectivity index (χ0n) is 25.0. The Hall–Kier alpha value is -4.06. The lowest BCUT2D eigenvalue weighted by molar-refractivity contribution is -0.140. The van der Waals surface area contributed by atoms with Crippen LogP contribution in [-0.4, -0.2) is 51.2 Å². The number of ether oxygens (including phenoxy) is 1. The number of carboxylic acid groups (broad SMARTS) is 1. The number of amides is 3. The Morgan fingerprint density at radius 2 is 1.57 bits per heavy atom. The molecule has 3 aromatic rings. The smallest absolute Gasteiger partial charge is 0.416 e. The Balaban J connectivity index is 1.80. The van der Waals surface area contributed by atoms with Crippen LogP contribution in [0.25, 0.3) is 0 Å². The predicted octanol–water partition coefficient (Wildman–Crippen LogP) is 7.54. The van der Waals surface area contributed by atoms with Gasteiger partial charge in [-0.05, 0) is 68.7 Å². The fourth-order valence-corrected chi connectivity index (χ4v) is 5.29. The van der Waals surface area contributed by atoms with Crippen LogP contribution in [0, 0.1) is 0 Å². The van der Waals surface area contributed by atoms with Crippen LogP contribution < -0.4 is 5.32 Å². The third kappa shape index (κ3) is 11.2. The van der Waals surface area contributed by atoms with Crippen molar-refractivity contribution in [3.05, 3.63) is 93.7 Å². The van der Waals surface area contributed by atoms with Gasteiger partial charge in [0.1, 0.15) is 11.6 Å². The van der Waals surface area contributed by atoms with E-state index in [1.54, 1.807) is 32.9 Å². The monoisotopic (exact) mass is 633 g/mol. The predicted molar refractivity (Wildman–Crippen MR) is 162 cm³/mol. The van der Waals surface area contributed by atoms with Crippen LogP contribution in [0.4, 0.5) is 22.8 Å². The van der Waals surface area contributed by atoms with E-state index < -0.39 is 41.5 Å². The van der Waals surface area contributed by atoms with E-state index in [4.69, 9.17) is 4.74 Å². The van der Waals surface area contributed by atoms with Gasteiger partial charge in [-0.2, -0.15) is 13.2 Å². The highest BCUT2D eigenvalue weighted by Gasteiger charge is 2.35. The summed E-state index contributed by atoms with van der Waals surface area (Å²) in [5.74, 6) is -0.569. The van der Waals surface area contributed by atoms with Gasteiger partial charge in [-0.25, -0.2) is 9.59 Å². The Morgan fingerprint density at radius 3 is 2.18 bits per heavy atom. The van der Waals surface area contributed by atoms with Crippen molar-refractivity contribution >= 4 is 29.4 Å². The molecule has 2 N–H and O–H groups in total. The topological polar surface area (TPSA) is 99.2 Å². The van der Waals surface area contributed by atoms with E-state index in [9.17, 15) is 32.7 Å². The lowest BCUT2D eigenvalue weighted by Gasteiger charge is -2.30. The molecule has 0 aliphatic heterocycles. The summed E-state index contributed by atoms with van der Waals surface area (Å²) in [5, 5.41) is 14.1. The summed E-state index contributed by atoms with van der Waals surface area (Å²) >= 11 is 1.36. The molecule has 0 saturated heterocycles. The molecule has 2 aromatic carbocycles. The van der Waals surface area contributed by atoms with Crippen LogP contribution in [0.3, 0.4) is 0 Å². The quantitative estimate of drug-likeness (QED) is 0.190. The van der Waals surface area contributed by atoms with Gasteiger partial charge >= 0.3 is 18.4 Å². The number of nitrogens with zero attached hydrogens (tertiary/aromatic N) is 2. The number of carbonyl (C=O) groups is 3. The number of thiophene rings is 1. The summed E-state index contributed by atoms with van der Waals surface area (Å²) in [4.78, 5) is 41.9. The molecule has 3 amide bonds. The molecule has 0 fully saturated rings. The lowest BCUT2D eigenvalue weighted by atomic mass is 10.0. The summed E-state index contributed by atoms with van der Waals surface area (Å²) in [6.07, 6.45) is -5.66. The van der Waals surface area contributed by atoms with Gasteiger partial charge in [-0.1, -0.05) is 54.6 Å². The number of alkyl carbamates (subject to hydrolysis) is 1. The van der Waals surface area contributed by atoms with Gasteiger partial charge < -0.3 is 25.0 Å². The second-order valence-corrected chi connectivity index (χ2v) is 12.3. The second kappa shape index (κ2) is 15.6. The Labute approximate surface area is 259 Å². The molecule has 0 spiro atoms. The molecular weight excluding hydrogens is 595 g/mol. The zero-order valence-corrected chi connectivity index (χ0v) is 25.8. The average Bonchev–Trinajstić information content (AvgIpc) is 3.45. The van der Waals surface area contributed by atoms with Crippen LogP contribution in [0.15, 0.2) is 72.1 Å². The Kier molecular flexibility index (Phi) is 12.2. The molecule has 1 aromatic heterocycles. The third-order valence-electron chi connectivity index (χ3n) is 6.57. The molecule has 0 saturated carbocycles. The first-order valence-corrected chi connectivity index (χ1v) is 15.1.